The number of rotatable bonds is 3. The number of anilines is 1. The Morgan fingerprint density at radius 3 is 2.62 bits per heavy atom. The summed E-state index contributed by atoms with van der Waals surface area (Å²) < 4.78 is 43.3. The monoisotopic (exact) mass is 359 g/mol. The third kappa shape index (κ3) is 4.49. The molecule has 0 bridgehead atoms. The van der Waals surface area contributed by atoms with Crippen LogP contribution in [0.4, 0.5) is 18.9 Å². The lowest BCUT2D eigenvalue weighted by atomic mass is 10.2. The maximum absolute atomic E-state index is 12.5. The smallest absolute Gasteiger partial charge is 0.416 e. The number of amides is 1. The van der Waals surface area contributed by atoms with Crippen molar-refractivity contribution in [3.63, 3.8) is 0 Å². The van der Waals surface area contributed by atoms with Crippen LogP contribution in [-0.2, 0) is 11.0 Å². The van der Waals surface area contributed by atoms with E-state index in [0.717, 1.165) is 12.1 Å². The molecule has 0 atom stereocenters. The van der Waals surface area contributed by atoms with Crippen LogP contribution in [-0.4, -0.2) is 5.91 Å². The van der Waals surface area contributed by atoms with Crippen molar-refractivity contribution < 1.29 is 22.4 Å². The van der Waals surface area contributed by atoms with Gasteiger partial charge in [-0.2, -0.15) is 13.2 Å². The van der Waals surface area contributed by atoms with Crippen LogP contribution in [0.25, 0.3) is 6.08 Å². The summed E-state index contributed by atoms with van der Waals surface area (Å²) >= 11 is 3.11. The molecule has 0 saturated carbocycles. The lowest BCUT2D eigenvalue weighted by Gasteiger charge is -2.08. The summed E-state index contributed by atoms with van der Waals surface area (Å²) in [6.07, 6.45) is -1.86. The normalized spacial score (nSPS) is 11.8. The molecule has 110 valence electrons. The minimum atomic E-state index is -4.45. The fourth-order valence-corrected chi connectivity index (χ4v) is 1.85. The Morgan fingerprint density at radius 2 is 2.00 bits per heavy atom. The first-order chi connectivity index (χ1) is 9.84. The van der Waals surface area contributed by atoms with Gasteiger partial charge in [0.25, 0.3) is 0 Å². The predicted molar refractivity (Wildman–Crippen MR) is 75.5 cm³/mol. The van der Waals surface area contributed by atoms with Gasteiger partial charge in [-0.1, -0.05) is 6.07 Å². The zero-order chi connectivity index (χ0) is 15.5. The van der Waals surface area contributed by atoms with Crippen molar-refractivity contribution in [2.45, 2.75) is 6.18 Å². The Morgan fingerprint density at radius 1 is 1.24 bits per heavy atom. The topological polar surface area (TPSA) is 42.2 Å². The van der Waals surface area contributed by atoms with E-state index in [1.807, 2.05) is 0 Å². The summed E-state index contributed by atoms with van der Waals surface area (Å²) in [5.41, 5.74) is -0.751. The summed E-state index contributed by atoms with van der Waals surface area (Å²) in [5.74, 6) is -0.108. The van der Waals surface area contributed by atoms with Gasteiger partial charge in [-0.15, -0.1) is 0 Å². The van der Waals surface area contributed by atoms with Crippen LogP contribution in [0.15, 0.2) is 51.6 Å². The molecule has 0 unspecified atom stereocenters. The molecule has 2 rings (SSSR count). The third-order valence-electron chi connectivity index (χ3n) is 2.45. The molecule has 1 N–H and O–H groups in total. The molecule has 0 aliphatic rings. The molecule has 2 aromatic rings. The van der Waals surface area contributed by atoms with Crippen LogP contribution in [0, 0.1) is 0 Å². The van der Waals surface area contributed by atoms with E-state index in [-0.39, 0.29) is 5.69 Å². The van der Waals surface area contributed by atoms with Gasteiger partial charge in [0.05, 0.1) is 5.56 Å². The Labute approximate surface area is 126 Å². The Kier molecular flexibility index (Phi) is 4.52. The van der Waals surface area contributed by atoms with E-state index >= 15 is 0 Å². The molecule has 1 amide bonds. The highest BCUT2D eigenvalue weighted by molar-refractivity contribution is 9.10. The summed E-state index contributed by atoms with van der Waals surface area (Å²) in [5, 5.41) is 2.35. The summed E-state index contributed by atoms with van der Waals surface area (Å²) in [7, 11) is 0. The van der Waals surface area contributed by atoms with Gasteiger partial charge in [-0.3, -0.25) is 4.79 Å². The maximum Gasteiger partial charge on any atom is 0.416 e. The van der Waals surface area contributed by atoms with E-state index < -0.39 is 17.6 Å². The molecule has 0 saturated heterocycles. The van der Waals surface area contributed by atoms with Crippen LogP contribution >= 0.6 is 15.9 Å². The van der Waals surface area contributed by atoms with Gasteiger partial charge in [0.2, 0.25) is 5.91 Å². The van der Waals surface area contributed by atoms with Crippen molar-refractivity contribution in [3.05, 3.63) is 58.5 Å². The molecule has 1 aromatic carbocycles. The van der Waals surface area contributed by atoms with Gasteiger partial charge in [-0.05, 0) is 52.3 Å². The molecule has 3 nitrogen and oxygen atoms in total. The summed E-state index contributed by atoms with van der Waals surface area (Å²) in [4.78, 5) is 11.6. The number of hydrogen-bond donors (Lipinski definition) is 1. The highest BCUT2D eigenvalue weighted by Crippen LogP contribution is 2.30. The maximum atomic E-state index is 12.5. The SMILES string of the molecule is O=C(/C=C/c1ccc(Br)o1)Nc1cccc(C(F)(F)F)c1. The van der Waals surface area contributed by atoms with Gasteiger partial charge >= 0.3 is 6.18 Å². The van der Waals surface area contributed by atoms with Crippen molar-refractivity contribution >= 4 is 33.6 Å². The molecule has 1 aromatic heterocycles. The van der Waals surface area contributed by atoms with Crippen molar-refractivity contribution in [3.8, 4) is 0 Å². The molecular formula is C14H9BrF3NO2. The number of nitrogens with one attached hydrogen (secondary N) is 1. The van der Waals surface area contributed by atoms with E-state index in [0.29, 0.717) is 10.4 Å². The Bertz CT molecular complexity index is 677. The zero-order valence-corrected chi connectivity index (χ0v) is 12.0. The van der Waals surface area contributed by atoms with Crippen molar-refractivity contribution in [2.24, 2.45) is 0 Å². The molecule has 0 radical (unpaired) electrons. The molecule has 0 aliphatic carbocycles. The zero-order valence-electron chi connectivity index (χ0n) is 10.4. The van der Waals surface area contributed by atoms with Crippen LogP contribution in [0.5, 0.6) is 0 Å². The van der Waals surface area contributed by atoms with E-state index in [1.54, 1.807) is 12.1 Å². The van der Waals surface area contributed by atoms with E-state index in [2.05, 4.69) is 21.2 Å². The molecule has 21 heavy (non-hydrogen) atoms. The number of benzene rings is 1. The number of alkyl halides is 3. The van der Waals surface area contributed by atoms with Crippen LogP contribution in [0.2, 0.25) is 0 Å². The van der Waals surface area contributed by atoms with Crippen LogP contribution in [0.3, 0.4) is 0 Å². The van der Waals surface area contributed by atoms with Crippen molar-refractivity contribution in [1.29, 1.82) is 0 Å². The van der Waals surface area contributed by atoms with Gasteiger partial charge in [0.15, 0.2) is 4.67 Å². The quantitative estimate of drug-likeness (QED) is 0.806. The highest BCUT2D eigenvalue weighted by atomic mass is 79.9. The van der Waals surface area contributed by atoms with Gasteiger partial charge in [-0.25, -0.2) is 0 Å². The molecular weight excluding hydrogens is 351 g/mol. The standard InChI is InChI=1S/C14H9BrF3NO2/c15-12-6-4-11(21-12)5-7-13(20)19-10-3-1-2-9(8-10)14(16,17)18/h1-8H,(H,19,20)/b7-5+. The minimum absolute atomic E-state index is 0.0695. The largest absolute Gasteiger partial charge is 0.450 e. The number of hydrogen-bond acceptors (Lipinski definition) is 2. The second-order valence-corrected chi connectivity index (χ2v) is 4.82. The number of furan rings is 1. The summed E-state index contributed by atoms with van der Waals surface area (Å²) in [6.45, 7) is 0. The van der Waals surface area contributed by atoms with Crippen LogP contribution in [0.1, 0.15) is 11.3 Å². The Balaban J connectivity index is 2.04. The first-order valence-electron chi connectivity index (χ1n) is 5.76. The second kappa shape index (κ2) is 6.17. The first-order valence-corrected chi connectivity index (χ1v) is 6.55. The molecule has 7 heteroatoms. The van der Waals surface area contributed by atoms with Crippen molar-refractivity contribution in [1.82, 2.24) is 0 Å². The summed E-state index contributed by atoms with van der Waals surface area (Å²) in [6, 6.07) is 7.71. The van der Waals surface area contributed by atoms with Gasteiger partial charge < -0.3 is 9.73 Å². The van der Waals surface area contributed by atoms with E-state index in [9.17, 15) is 18.0 Å². The van der Waals surface area contributed by atoms with Gasteiger partial charge in [0, 0.05) is 11.8 Å². The average Bonchev–Trinajstić information content (AvgIpc) is 2.82. The lowest BCUT2D eigenvalue weighted by molar-refractivity contribution is -0.137. The minimum Gasteiger partial charge on any atom is -0.450 e. The lowest BCUT2D eigenvalue weighted by Crippen LogP contribution is -2.10. The molecule has 1 heterocycles. The molecule has 0 spiro atoms. The van der Waals surface area contributed by atoms with E-state index in [4.69, 9.17) is 4.42 Å². The molecule has 0 fully saturated rings. The van der Waals surface area contributed by atoms with Crippen molar-refractivity contribution in [2.75, 3.05) is 5.32 Å². The second-order valence-electron chi connectivity index (χ2n) is 4.04. The average molecular weight is 360 g/mol. The predicted octanol–water partition coefficient (Wildman–Crippen LogP) is 4.71. The Hall–Kier alpha value is -2.02. The van der Waals surface area contributed by atoms with Crippen LogP contribution < -0.4 is 5.32 Å². The van der Waals surface area contributed by atoms with Gasteiger partial charge in [0.1, 0.15) is 5.76 Å². The van der Waals surface area contributed by atoms with E-state index in [1.165, 1.54) is 24.3 Å². The molecule has 0 aliphatic heterocycles. The fraction of sp³-hybridized carbons (Fsp3) is 0.0714. The number of carbonyl (C=O) groups excluding carboxylic acids is 1. The number of carbonyl (C=O) groups is 1. The highest BCUT2D eigenvalue weighted by Gasteiger charge is 2.30. The fourth-order valence-electron chi connectivity index (χ4n) is 1.53. The number of halogens is 4. The first kappa shape index (κ1) is 15.4. The third-order valence-corrected chi connectivity index (χ3v) is 2.88.